The SMILES string of the molecule is Cc1ccc2c(c1)C1(Cn3nncc3CO1)C(=O)N2Cc1ccccc1. The number of nitrogens with zero attached hydrogens (tertiary/aromatic N) is 4. The van der Waals surface area contributed by atoms with Crippen molar-refractivity contribution in [3.8, 4) is 0 Å². The first-order valence-corrected chi connectivity index (χ1v) is 8.66. The van der Waals surface area contributed by atoms with Crippen molar-refractivity contribution in [3.63, 3.8) is 0 Å². The molecule has 2 aliphatic heterocycles. The van der Waals surface area contributed by atoms with Gasteiger partial charge in [-0.25, -0.2) is 4.68 Å². The van der Waals surface area contributed by atoms with E-state index in [1.165, 1.54) is 0 Å². The van der Waals surface area contributed by atoms with E-state index in [0.717, 1.165) is 28.1 Å². The molecule has 0 bridgehead atoms. The third-order valence-corrected chi connectivity index (χ3v) is 5.19. The lowest BCUT2D eigenvalue weighted by atomic mass is 9.92. The van der Waals surface area contributed by atoms with Gasteiger partial charge in [0.05, 0.1) is 37.3 Å². The third kappa shape index (κ3) is 2.12. The van der Waals surface area contributed by atoms with E-state index in [4.69, 9.17) is 4.74 Å². The number of aryl methyl sites for hydroxylation is 1. The second-order valence-corrected chi connectivity index (χ2v) is 6.90. The molecular weight excluding hydrogens is 328 g/mol. The van der Waals surface area contributed by atoms with Crippen LogP contribution in [0, 0.1) is 6.92 Å². The van der Waals surface area contributed by atoms with Crippen LogP contribution in [0.1, 0.15) is 22.4 Å². The number of anilines is 1. The van der Waals surface area contributed by atoms with Crippen molar-refractivity contribution in [2.24, 2.45) is 0 Å². The van der Waals surface area contributed by atoms with E-state index in [2.05, 4.69) is 16.4 Å². The molecule has 3 aromatic rings. The summed E-state index contributed by atoms with van der Waals surface area (Å²) >= 11 is 0. The summed E-state index contributed by atoms with van der Waals surface area (Å²) in [6.07, 6.45) is 1.69. The zero-order valence-corrected chi connectivity index (χ0v) is 14.4. The molecule has 5 rings (SSSR count). The maximum atomic E-state index is 13.5. The number of benzene rings is 2. The van der Waals surface area contributed by atoms with Gasteiger partial charge < -0.3 is 9.64 Å². The molecular formula is C20H18N4O2. The Hall–Kier alpha value is -2.99. The van der Waals surface area contributed by atoms with Crippen LogP contribution in [0.15, 0.2) is 54.7 Å². The Morgan fingerprint density at radius 2 is 2.04 bits per heavy atom. The van der Waals surface area contributed by atoms with Crippen molar-refractivity contribution in [2.45, 2.75) is 32.2 Å². The first-order valence-electron chi connectivity index (χ1n) is 8.66. The molecule has 0 N–H and O–H groups in total. The second kappa shape index (κ2) is 5.51. The molecule has 130 valence electrons. The van der Waals surface area contributed by atoms with Gasteiger partial charge in [-0.1, -0.05) is 53.2 Å². The van der Waals surface area contributed by atoms with Crippen molar-refractivity contribution in [3.05, 3.63) is 77.1 Å². The number of carbonyl (C=O) groups excluding carboxylic acids is 1. The molecule has 1 spiro atoms. The molecule has 26 heavy (non-hydrogen) atoms. The Labute approximate surface area is 151 Å². The summed E-state index contributed by atoms with van der Waals surface area (Å²) in [6, 6.07) is 16.1. The standard InChI is InChI=1S/C20H18N4O2/c1-14-7-8-18-17(9-14)20(13-24-16(12-26-20)10-21-22-24)19(25)23(18)11-15-5-3-2-4-6-15/h2-10H,11-13H2,1H3. The van der Waals surface area contributed by atoms with Crippen molar-refractivity contribution >= 4 is 11.6 Å². The highest BCUT2D eigenvalue weighted by molar-refractivity contribution is 6.07. The number of fused-ring (bicyclic) bond motifs is 3. The molecule has 1 unspecified atom stereocenters. The zero-order valence-electron chi connectivity index (χ0n) is 14.4. The zero-order chi connectivity index (χ0) is 17.7. The minimum atomic E-state index is -1.03. The summed E-state index contributed by atoms with van der Waals surface area (Å²) in [6.45, 7) is 3.22. The van der Waals surface area contributed by atoms with E-state index in [0.29, 0.717) is 19.7 Å². The summed E-state index contributed by atoms with van der Waals surface area (Å²) < 4.78 is 7.96. The van der Waals surface area contributed by atoms with Crippen molar-refractivity contribution in [1.29, 1.82) is 0 Å². The number of hydrogen-bond acceptors (Lipinski definition) is 4. The van der Waals surface area contributed by atoms with E-state index in [-0.39, 0.29) is 5.91 Å². The summed E-state index contributed by atoms with van der Waals surface area (Å²) in [5.74, 6) is -0.0388. The van der Waals surface area contributed by atoms with Crippen molar-refractivity contribution in [1.82, 2.24) is 15.0 Å². The number of rotatable bonds is 2. The molecule has 0 aliphatic carbocycles. The predicted octanol–water partition coefficient (Wildman–Crippen LogP) is 2.56. The van der Waals surface area contributed by atoms with Crippen LogP contribution in [0.3, 0.4) is 0 Å². The third-order valence-electron chi connectivity index (χ3n) is 5.19. The normalized spacial score (nSPS) is 21.1. The number of carbonyl (C=O) groups is 1. The van der Waals surface area contributed by atoms with Crippen LogP contribution in [0.5, 0.6) is 0 Å². The Morgan fingerprint density at radius 1 is 1.19 bits per heavy atom. The monoisotopic (exact) mass is 346 g/mol. The van der Waals surface area contributed by atoms with Crippen LogP contribution in [0.2, 0.25) is 0 Å². The molecule has 2 aromatic carbocycles. The van der Waals surface area contributed by atoms with E-state index in [9.17, 15) is 4.79 Å². The van der Waals surface area contributed by atoms with Crippen LogP contribution in [-0.2, 0) is 34.8 Å². The molecule has 1 amide bonds. The van der Waals surface area contributed by atoms with E-state index in [1.54, 1.807) is 10.9 Å². The summed E-state index contributed by atoms with van der Waals surface area (Å²) in [4.78, 5) is 15.4. The second-order valence-electron chi connectivity index (χ2n) is 6.90. The van der Waals surface area contributed by atoms with Crippen LogP contribution in [-0.4, -0.2) is 20.9 Å². The average molecular weight is 346 g/mol. The highest BCUT2D eigenvalue weighted by atomic mass is 16.5. The predicted molar refractivity (Wildman–Crippen MR) is 95.3 cm³/mol. The van der Waals surface area contributed by atoms with Crippen LogP contribution in [0.25, 0.3) is 0 Å². The highest BCUT2D eigenvalue weighted by Gasteiger charge is 2.54. The fourth-order valence-corrected chi connectivity index (χ4v) is 3.84. The molecule has 0 saturated carbocycles. The molecule has 0 radical (unpaired) electrons. The Kier molecular flexibility index (Phi) is 3.24. The van der Waals surface area contributed by atoms with Crippen molar-refractivity contribution < 1.29 is 9.53 Å². The quantitative estimate of drug-likeness (QED) is 0.715. The maximum absolute atomic E-state index is 13.5. The lowest BCUT2D eigenvalue weighted by Crippen LogP contribution is -2.47. The molecule has 2 aliphatic rings. The van der Waals surface area contributed by atoms with E-state index < -0.39 is 5.60 Å². The molecule has 0 saturated heterocycles. The van der Waals surface area contributed by atoms with Gasteiger partial charge in [0.2, 0.25) is 0 Å². The lowest BCUT2D eigenvalue weighted by molar-refractivity contribution is -0.153. The topological polar surface area (TPSA) is 60.2 Å². The van der Waals surface area contributed by atoms with Gasteiger partial charge in [0, 0.05) is 5.56 Å². The highest BCUT2D eigenvalue weighted by Crippen LogP contribution is 2.46. The smallest absolute Gasteiger partial charge is 0.266 e. The molecule has 6 nitrogen and oxygen atoms in total. The van der Waals surface area contributed by atoms with Gasteiger partial charge in [-0.05, 0) is 18.6 Å². The minimum absolute atomic E-state index is 0.0388. The molecule has 3 heterocycles. The van der Waals surface area contributed by atoms with Gasteiger partial charge in [0.1, 0.15) is 0 Å². The average Bonchev–Trinajstić information content (AvgIpc) is 3.20. The Balaban J connectivity index is 1.62. The molecule has 0 fully saturated rings. The van der Waals surface area contributed by atoms with Crippen LogP contribution < -0.4 is 4.90 Å². The number of ether oxygens (including phenoxy) is 1. The first-order chi connectivity index (χ1) is 12.7. The van der Waals surface area contributed by atoms with Gasteiger partial charge in [-0.15, -0.1) is 5.10 Å². The minimum Gasteiger partial charge on any atom is -0.352 e. The summed E-state index contributed by atoms with van der Waals surface area (Å²) in [5, 5.41) is 8.08. The van der Waals surface area contributed by atoms with Gasteiger partial charge in [0.25, 0.3) is 5.91 Å². The summed E-state index contributed by atoms with van der Waals surface area (Å²) in [5.41, 5.74) is 3.87. The Bertz CT molecular complexity index is 998. The largest absolute Gasteiger partial charge is 0.352 e. The molecule has 1 aromatic heterocycles. The number of hydrogen-bond donors (Lipinski definition) is 0. The molecule has 6 heteroatoms. The van der Waals surface area contributed by atoms with Gasteiger partial charge in [-0.2, -0.15) is 0 Å². The van der Waals surface area contributed by atoms with Crippen LogP contribution in [0.4, 0.5) is 5.69 Å². The fraction of sp³-hybridized carbons (Fsp3) is 0.250. The van der Waals surface area contributed by atoms with Gasteiger partial charge >= 0.3 is 0 Å². The van der Waals surface area contributed by atoms with E-state index in [1.807, 2.05) is 54.3 Å². The first kappa shape index (κ1) is 15.3. The number of amides is 1. The van der Waals surface area contributed by atoms with Crippen LogP contribution >= 0.6 is 0 Å². The fourth-order valence-electron chi connectivity index (χ4n) is 3.84. The Morgan fingerprint density at radius 3 is 2.88 bits per heavy atom. The van der Waals surface area contributed by atoms with Gasteiger partial charge in [-0.3, -0.25) is 4.79 Å². The number of aromatic nitrogens is 3. The van der Waals surface area contributed by atoms with Crippen molar-refractivity contribution in [2.75, 3.05) is 4.90 Å². The summed E-state index contributed by atoms with van der Waals surface area (Å²) in [7, 11) is 0. The lowest BCUT2D eigenvalue weighted by Gasteiger charge is -2.33. The van der Waals surface area contributed by atoms with E-state index >= 15 is 0 Å². The van der Waals surface area contributed by atoms with Gasteiger partial charge in [0.15, 0.2) is 5.60 Å². The molecule has 1 atom stereocenters. The maximum Gasteiger partial charge on any atom is 0.266 e.